The lowest BCUT2D eigenvalue weighted by molar-refractivity contribution is -0.133. The lowest BCUT2D eigenvalue weighted by Gasteiger charge is -2.10. The minimum atomic E-state index is -0.462. The highest BCUT2D eigenvalue weighted by atomic mass is 35.5. The molecule has 5 rings (SSSR count). The maximum atomic E-state index is 12.7. The molecule has 1 aromatic heterocycles. The van der Waals surface area contributed by atoms with Crippen LogP contribution in [0.5, 0.6) is 11.5 Å². The Bertz CT molecular complexity index is 1480. The van der Waals surface area contributed by atoms with Crippen molar-refractivity contribution in [3.63, 3.8) is 0 Å². The highest BCUT2D eigenvalue weighted by molar-refractivity contribution is 6.34. The van der Waals surface area contributed by atoms with Gasteiger partial charge in [0.15, 0.2) is 11.5 Å². The van der Waals surface area contributed by atoms with Crippen LogP contribution in [0.2, 0.25) is 10.0 Å². The first-order valence-corrected chi connectivity index (χ1v) is 11.5. The smallest absolute Gasteiger partial charge is 0.338 e. The summed E-state index contributed by atoms with van der Waals surface area (Å²) >= 11 is 12.8. The average Bonchev–Trinajstić information content (AvgIpc) is 3.50. The summed E-state index contributed by atoms with van der Waals surface area (Å²) in [7, 11) is 1.36. The predicted molar refractivity (Wildman–Crippen MR) is 136 cm³/mol. The number of fused-ring (bicyclic) bond motifs is 1. The molecule has 1 aliphatic heterocycles. The van der Waals surface area contributed by atoms with Gasteiger partial charge >= 0.3 is 5.97 Å². The van der Waals surface area contributed by atoms with Crippen LogP contribution in [0.3, 0.4) is 0 Å². The topological polar surface area (TPSA) is 62.6 Å². The van der Waals surface area contributed by atoms with Gasteiger partial charge in [0.2, 0.25) is 6.79 Å². The number of hydrogen-bond donors (Lipinski definition) is 0. The normalized spacial score (nSPS) is 12.6. The second kappa shape index (κ2) is 9.49. The molecule has 176 valence electrons. The van der Waals surface area contributed by atoms with Crippen LogP contribution in [0, 0.1) is 6.92 Å². The lowest BCUT2D eigenvalue weighted by Crippen LogP contribution is -2.04. The molecule has 6 nitrogen and oxygen atoms in total. The Balaban J connectivity index is 1.70. The number of rotatable bonds is 5. The number of methoxy groups -OCH3 is 1. The molecule has 4 aromatic rings. The van der Waals surface area contributed by atoms with E-state index in [9.17, 15) is 4.79 Å². The molecule has 0 radical (unpaired) electrons. The molecule has 0 saturated carbocycles. The molecule has 0 aliphatic carbocycles. The monoisotopic (exact) mass is 506 g/mol. The van der Waals surface area contributed by atoms with Crippen LogP contribution >= 0.6 is 23.2 Å². The van der Waals surface area contributed by atoms with Crippen molar-refractivity contribution in [3.05, 3.63) is 93.6 Å². The first-order chi connectivity index (χ1) is 16.9. The number of ether oxygens (including phenoxy) is 3. The maximum Gasteiger partial charge on any atom is 0.338 e. The van der Waals surface area contributed by atoms with Gasteiger partial charge in [0, 0.05) is 10.6 Å². The molecule has 0 fully saturated rings. The fraction of sp³-hybridized carbons (Fsp3) is 0.111. The van der Waals surface area contributed by atoms with Gasteiger partial charge in [-0.25, -0.2) is 9.48 Å². The molecule has 0 atom stereocenters. The van der Waals surface area contributed by atoms with E-state index in [2.05, 4.69) is 0 Å². The van der Waals surface area contributed by atoms with E-state index in [0.29, 0.717) is 38.5 Å². The third-order valence-corrected chi connectivity index (χ3v) is 6.11. The number of carbonyl (C=O) groups is 1. The number of nitrogens with zero attached hydrogens (tertiary/aromatic N) is 2. The van der Waals surface area contributed by atoms with Gasteiger partial charge in [-0.3, -0.25) is 0 Å². The van der Waals surface area contributed by atoms with E-state index < -0.39 is 5.97 Å². The summed E-state index contributed by atoms with van der Waals surface area (Å²) in [6, 6.07) is 20.3. The minimum Gasteiger partial charge on any atom is -0.465 e. The fourth-order valence-electron chi connectivity index (χ4n) is 3.89. The Labute approximate surface area is 212 Å². The van der Waals surface area contributed by atoms with E-state index in [4.69, 9.17) is 42.5 Å². The summed E-state index contributed by atoms with van der Waals surface area (Å²) < 4.78 is 17.8. The molecule has 3 aromatic carbocycles. The summed E-state index contributed by atoms with van der Waals surface area (Å²) in [5.74, 6) is 0.850. The Morgan fingerprint density at radius 1 is 1.03 bits per heavy atom. The number of carbonyl (C=O) groups excluding carboxylic acids is 1. The standard InChI is InChI=1S/C27H20Cl2N2O4/c1-16-4-3-5-17(10-16)21(27(32)33-2)13-20-14-23(18-6-9-25-26(11-18)35-15-34-25)31(30-20)24-12-19(28)7-8-22(24)29/h3-14H,15H2,1-2H3/b21-13-. The number of halogens is 2. The molecular weight excluding hydrogens is 487 g/mol. The molecule has 0 saturated heterocycles. The van der Waals surface area contributed by atoms with Crippen molar-refractivity contribution in [1.82, 2.24) is 9.78 Å². The molecule has 0 amide bonds. The quantitative estimate of drug-likeness (QED) is 0.225. The first-order valence-electron chi connectivity index (χ1n) is 10.8. The summed E-state index contributed by atoms with van der Waals surface area (Å²) in [5.41, 5.74) is 4.83. The number of aromatic nitrogens is 2. The molecule has 0 N–H and O–H groups in total. The zero-order valence-electron chi connectivity index (χ0n) is 18.9. The minimum absolute atomic E-state index is 0.172. The molecule has 8 heteroatoms. The summed E-state index contributed by atoms with van der Waals surface area (Å²) in [4.78, 5) is 12.7. The van der Waals surface area contributed by atoms with Crippen LogP contribution in [-0.4, -0.2) is 29.7 Å². The number of benzene rings is 3. The number of aryl methyl sites for hydroxylation is 1. The maximum absolute atomic E-state index is 12.7. The van der Waals surface area contributed by atoms with Crippen molar-refractivity contribution in [2.45, 2.75) is 6.92 Å². The van der Waals surface area contributed by atoms with E-state index >= 15 is 0 Å². The van der Waals surface area contributed by atoms with Crippen LogP contribution in [-0.2, 0) is 9.53 Å². The summed E-state index contributed by atoms with van der Waals surface area (Å²) in [6.07, 6.45) is 1.70. The van der Waals surface area contributed by atoms with Crippen molar-refractivity contribution in [2.75, 3.05) is 13.9 Å². The molecule has 0 bridgehead atoms. The SMILES string of the molecule is COC(=O)/C(=C\c1cc(-c2ccc3c(c2)OCO3)n(-c2cc(Cl)ccc2Cl)n1)c1cccc(C)c1. The Morgan fingerprint density at radius 3 is 2.66 bits per heavy atom. The second-order valence-electron chi connectivity index (χ2n) is 7.95. The van der Waals surface area contributed by atoms with Gasteiger partial charge in [-0.15, -0.1) is 0 Å². The molecular formula is C27H20Cl2N2O4. The van der Waals surface area contributed by atoms with Crippen LogP contribution in [0.15, 0.2) is 66.7 Å². The van der Waals surface area contributed by atoms with Gasteiger partial charge in [0.25, 0.3) is 0 Å². The lowest BCUT2D eigenvalue weighted by atomic mass is 10.0. The average molecular weight is 507 g/mol. The first kappa shape index (κ1) is 23.0. The van der Waals surface area contributed by atoms with Crippen molar-refractivity contribution in [2.24, 2.45) is 0 Å². The predicted octanol–water partition coefficient (Wildman–Crippen LogP) is 6.60. The molecule has 35 heavy (non-hydrogen) atoms. The Kier molecular flexibility index (Phi) is 6.24. The number of esters is 1. The van der Waals surface area contributed by atoms with E-state index in [-0.39, 0.29) is 6.79 Å². The van der Waals surface area contributed by atoms with Crippen molar-refractivity contribution >= 4 is 40.8 Å². The summed E-state index contributed by atoms with van der Waals surface area (Å²) in [6.45, 7) is 2.14. The zero-order chi connectivity index (χ0) is 24.5. The Hall–Kier alpha value is -3.74. The third-order valence-electron chi connectivity index (χ3n) is 5.56. The highest BCUT2D eigenvalue weighted by Gasteiger charge is 2.20. The largest absolute Gasteiger partial charge is 0.465 e. The van der Waals surface area contributed by atoms with Crippen molar-refractivity contribution in [1.29, 1.82) is 0 Å². The summed E-state index contributed by atoms with van der Waals surface area (Å²) in [5, 5.41) is 5.77. The fourth-order valence-corrected chi connectivity index (χ4v) is 4.26. The van der Waals surface area contributed by atoms with Crippen LogP contribution in [0.4, 0.5) is 0 Å². The van der Waals surface area contributed by atoms with Gasteiger partial charge in [-0.05, 0) is 61.0 Å². The van der Waals surface area contributed by atoms with E-state index in [0.717, 1.165) is 22.4 Å². The molecule has 1 aliphatic rings. The second-order valence-corrected chi connectivity index (χ2v) is 8.79. The van der Waals surface area contributed by atoms with E-state index in [1.807, 2.05) is 55.5 Å². The highest BCUT2D eigenvalue weighted by Crippen LogP contribution is 2.38. The van der Waals surface area contributed by atoms with Crippen molar-refractivity contribution in [3.8, 4) is 28.4 Å². The Morgan fingerprint density at radius 2 is 1.86 bits per heavy atom. The molecule has 2 heterocycles. The third kappa shape index (κ3) is 4.63. The van der Waals surface area contributed by atoms with Crippen LogP contribution in [0.25, 0.3) is 28.6 Å². The number of hydrogen-bond acceptors (Lipinski definition) is 5. The van der Waals surface area contributed by atoms with Crippen molar-refractivity contribution < 1.29 is 19.0 Å². The zero-order valence-corrected chi connectivity index (χ0v) is 20.4. The van der Waals surface area contributed by atoms with Gasteiger partial charge in [0.1, 0.15) is 0 Å². The molecule has 0 unspecified atom stereocenters. The van der Waals surface area contributed by atoms with Crippen LogP contribution in [0.1, 0.15) is 16.8 Å². The van der Waals surface area contributed by atoms with Gasteiger partial charge in [-0.1, -0.05) is 53.0 Å². The van der Waals surface area contributed by atoms with Crippen LogP contribution < -0.4 is 9.47 Å². The van der Waals surface area contributed by atoms with E-state index in [1.165, 1.54) is 7.11 Å². The van der Waals surface area contributed by atoms with Gasteiger partial charge in [-0.2, -0.15) is 5.10 Å². The van der Waals surface area contributed by atoms with Gasteiger partial charge in [0.05, 0.1) is 34.8 Å². The van der Waals surface area contributed by atoms with E-state index in [1.54, 1.807) is 29.0 Å². The van der Waals surface area contributed by atoms with Gasteiger partial charge < -0.3 is 14.2 Å². The molecule has 0 spiro atoms.